The lowest BCUT2D eigenvalue weighted by Crippen LogP contribution is -2.49. The molecule has 1 heterocycles. The van der Waals surface area contributed by atoms with Crippen molar-refractivity contribution in [2.45, 2.75) is 25.8 Å². The number of rotatable bonds is 3. The third-order valence-electron chi connectivity index (χ3n) is 3.74. The van der Waals surface area contributed by atoms with Crippen LogP contribution in [0, 0.1) is 0 Å². The van der Waals surface area contributed by atoms with Gasteiger partial charge in [-0.05, 0) is 38.0 Å². The minimum Gasteiger partial charge on any atom is -0.450 e. The topological polar surface area (TPSA) is 87.7 Å². The number of nitrogens with one attached hydrogen (secondary N) is 2. The molecule has 0 bridgehead atoms. The fourth-order valence-corrected chi connectivity index (χ4v) is 2.90. The van der Waals surface area contributed by atoms with Crippen molar-refractivity contribution in [3.8, 4) is 0 Å². The SMILES string of the molecule is CCOC(=O)N1CCC(NC(=O)C(=O)Nc2ccc(Cl)cc2Cl)CC1. The molecule has 0 atom stereocenters. The zero-order chi connectivity index (χ0) is 18.4. The van der Waals surface area contributed by atoms with Crippen LogP contribution in [0.5, 0.6) is 0 Å². The summed E-state index contributed by atoms with van der Waals surface area (Å²) in [6.45, 7) is 3.00. The molecule has 1 aromatic rings. The molecule has 0 radical (unpaired) electrons. The van der Waals surface area contributed by atoms with Crippen LogP contribution < -0.4 is 10.6 Å². The summed E-state index contributed by atoms with van der Waals surface area (Å²) in [4.78, 5) is 37.2. The number of hydrogen-bond acceptors (Lipinski definition) is 4. The maximum Gasteiger partial charge on any atom is 0.409 e. The minimum atomic E-state index is -0.808. The number of carbonyl (C=O) groups excluding carboxylic acids is 3. The Balaban J connectivity index is 1.82. The summed E-state index contributed by atoms with van der Waals surface area (Å²) in [6, 6.07) is 4.38. The molecular weight excluding hydrogens is 369 g/mol. The van der Waals surface area contributed by atoms with Gasteiger partial charge in [0.1, 0.15) is 0 Å². The number of nitrogens with zero attached hydrogens (tertiary/aromatic N) is 1. The fraction of sp³-hybridized carbons (Fsp3) is 0.438. The highest BCUT2D eigenvalue weighted by Crippen LogP contribution is 2.25. The quantitative estimate of drug-likeness (QED) is 0.780. The second-order valence-corrected chi connectivity index (χ2v) is 6.36. The number of likely N-dealkylation sites (tertiary alicyclic amines) is 1. The lowest BCUT2D eigenvalue weighted by Gasteiger charge is -2.31. The summed E-state index contributed by atoms with van der Waals surface area (Å²) in [5.41, 5.74) is 0.309. The number of piperidine rings is 1. The number of amides is 3. The molecule has 1 saturated heterocycles. The molecule has 1 aliphatic rings. The van der Waals surface area contributed by atoms with E-state index in [0.29, 0.717) is 43.2 Å². The number of carbonyl (C=O) groups is 3. The molecular formula is C16H19Cl2N3O4. The molecule has 25 heavy (non-hydrogen) atoms. The average Bonchev–Trinajstić information content (AvgIpc) is 2.58. The van der Waals surface area contributed by atoms with Crippen LogP contribution in [0.4, 0.5) is 10.5 Å². The van der Waals surface area contributed by atoms with Gasteiger partial charge in [0.05, 0.1) is 17.3 Å². The lowest BCUT2D eigenvalue weighted by atomic mass is 10.1. The standard InChI is InChI=1S/C16H19Cl2N3O4/c1-2-25-16(24)21-7-5-11(6-8-21)19-14(22)15(23)20-13-4-3-10(17)9-12(13)18/h3-4,9,11H,2,5-8H2,1H3,(H,19,22)(H,20,23). The van der Waals surface area contributed by atoms with Gasteiger partial charge in [-0.1, -0.05) is 23.2 Å². The second-order valence-electron chi connectivity index (χ2n) is 5.51. The molecule has 2 N–H and O–H groups in total. The smallest absolute Gasteiger partial charge is 0.409 e. The first-order chi connectivity index (χ1) is 11.9. The van der Waals surface area contributed by atoms with Crippen molar-refractivity contribution in [3.05, 3.63) is 28.2 Å². The highest BCUT2D eigenvalue weighted by atomic mass is 35.5. The average molecular weight is 388 g/mol. The summed E-state index contributed by atoms with van der Waals surface area (Å²) in [5, 5.41) is 5.78. The Morgan fingerprint density at radius 2 is 1.88 bits per heavy atom. The van der Waals surface area contributed by atoms with Crippen molar-refractivity contribution in [2.24, 2.45) is 0 Å². The van der Waals surface area contributed by atoms with Crippen molar-refractivity contribution in [3.63, 3.8) is 0 Å². The predicted molar refractivity (Wildman–Crippen MR) is 94.9 cm³/mol. The Hall–Kier alpha value is -1.99. The Morgan fingerprint density at radius 3 is 2.48 bits per heavy atom. The molecule has 7 nitrogen and oxygen atoms in total. The Bertz CT molecular complexity index is 661. The van der Waals surface area contributed by atoms with Crippen LogP contribution >= 0.6 is 23.2 Å². The van der Waals surface area contributed by atoms with E-state index in [-0.39, 0.29) is 17.2 Å². The largest absolute Gasteiger partial charge is 0.450 e. The summed E-state index contributed by atoms with van der Waals surface area (Å²) in [5.74, 6) is -1.56. The van der Waals surface area contributed by atoms with Crippen LogP contribution in [0.1, 0.15) is 19.8 Å². The van der Waals surface area contributed by atoms with E-state index in [1.807, 2.05) is 0 Å². The number of anilines is 1. The summed E-state index contributed by atoms with van der Waals surface area (Å²) in [6.07, 6.45) is 0.751. The molecule has 2 rings (SSSR count). The Labute approximate surface area is 155 Å². The highest BCUT2D eigenvalue weighted by molar-refractivity contribution is 6.42. The first kappa shape index (κ1) is 19.3. The molecule has 3 amide bonds. The number of hydrogen-bond donors (Lipinski definition) is 2. The fourth-order valence-electron chi connectivity index (χ4n) is 2.44. The van der Waals surface area contributed by atoms with Gasteiger partial charge in [0.25, 0.3) is 0 Å². The van der Waals surface area contributed by atoms with Crippen LogP contribution in [0.25, 0.3) is 0 Å². The molecule has 1 aliphatic heterocycles. The highest BCUT2D eigenvalue weighted by Gasteiger charge is 2.26. The maximum atomic E-state index is 12.0. The minimum absolute atomic E-state index is 0.176. The van der Waals surface area contributed by atoms with Crippen LogP contribution in [-0.2, 0) is 14.3 Å². The number of benzene rings is 1. The van der Waals surface area contributed by atoms with Gasteiger partial charge in [-0.15, -0.1) is 0 Å². The Morgan fingerprint density at radius 1 is 1.20 bits per heavy atom. The maximum absolute atomic E-state index is 12.0. The molecule has 9 heteroatoms. The van der Waals surface area contributed by atoms with Crippen LogP contribution in [0.3, 0.4) is 0 Å². The lowest BCUT2D eigenvalue weighted by molar-refractivity contribution is -0.136. The zero-order valence-corrected chi connectivity index (χ0v) is 15.2. The first-order valence-electron chi connectivity index (χ1n) is 7.89. The zero-order valence-electron chi connectivity index (χ0n) is 13.7. The summed E-state index contributed by atoms with van der Waals surface area (Å²) in [7, 11) is 0. The van der Waals surface area contributed by atoms with Crippen LogP contribution in [-0.4, -0.2) is 48.5 Å². The van der Waals surface area contributed by atoms with Gasteiger partial charge in [0.15, 0.2) is 0 Å². The van der Waals surface area contributed by atoms with Gasteiger partial charge in [0, 0.05) is 24.2 Å². The van der Waals surface area contributed by atoms with E-state index < -0.39 is 11.8 Å². The van der Waals surface area contributed by atoms with Crippen LogP contribution in [0.2, 0.25) is 10.0 Å². The monoisotopic (exact) mass is 387 g/mol. The van der Waals surface area contributed by atoms with E-state index in [1.54, 1.807) is 17.9 Å². The normalized spacial score (nSPS) is 14.8. The van der Waals surface area contributed by atoms with Crippen molar-refractivity contribution >= 4 is 46.8 Å². The van der Waals surface area contributed by atoms with Gasteiger partial charge in [-0.3, -0.25) is 9.59 Å². The van der Waals surface area contributed by atoms with Crippen molar-refractivity contribution < 1.29 is 19.1 Å². The molecule has 0 unspecified atom stereocenters. The van der Waals surface area contributed by atoms with E-state index in [4.69, 9.17) is 27.9 Å². The number of ether oxygens (including phenoxy) is 1. The van der Waals surface area contributed by atoms with Gasteiger partial charge in [-0.2, -0.15) is 0 Å². The molecule has 136 valence electrons. The van der Waals surface area contributed by atoms with E-state index in [1.165, 1.54) is 12.1 Å². The first-order valence-corrected chi connectivity index (χ1v) is 8.65. The Kier molecular flexibility index (Phi) is 6.90. The van der Waals surface area contributed by atoms with Gasteiger partial charge in [0.2, 0.25) is 0 Å². The second kappa shape index (κ2) is 8.92. The molecule has 0 aromatic heterocycles. The predicted octanol–water partition coefficient (Wildman–Crippen LogP) is 2.67. The van der Waals surface area contributed by atoms with Gasteiger partial charge in [-0.25, -0.2) is 4.79 Å². The van der Waals surface area contributed by atoms with Gasteiger partial charge >= 0.3 is 17.9 Å². The third kappa shape index (κ3) is 5.51. The molecule has 1 fully saturated rings. The molecule has 1 aromatic carbocycles. The molecule has 0 aliphatic carbocycles. The third-order valence-corrected chi connectivity index (χ3v) is 4.29. The summed E-state index contributed by atoms with van der Waals surface area (Å²) >= 11 is 11.7. The number of halogens is 2. The van der Waals surface area contributed by atoms with Gasteiger partial charge < -0.3 is 20.3 Å². The molecule has 0 spiro atoms. The molecule has 0 saturated carbocycles. The van der Waals surface area contributed by atoms with Crippen LogP contribution in [0.15, 0.2) is 18.2 Å². The van der Waals surface area contributed by atoms with Crippen molar-refractivity contribution in [1.29, 1.82) is 0 Å². The van der Waals surface area contributed by atoms with E-state index in [2.05, 4.69) is 10.6 Å². The van der Waals surface area contributed by atoms with E-state index in [0.717, 1.165) is 0 Å². The van der Waals surface area contributed by atoms with Crippen molar-refractivity contribution in [1.82, 2.24) is 10.2 Å². The van der Waals surface area contributed by atoms with Crippen molar-refractivity contribution in [2.75, 3.05) is 25.0 Å². The van der Waals surface area contributed by atoms with E-state index in [9.17, 15) is 14.4 Å². The summed E-state index contributed by atoms with van der Waals surface area (Å²) < 4.78 is 4.94. The van der Waals surface area contributed by atoms with E-state index >= 15 is 0 Å².